The minimum Gasteiger partial charge on any atom is -0.308 e. The Kier molecular flexibility index (Phi) is 5.35. The molecule has 0 spiro atoms. The number of hydrogen-bond donors (Lipinski definition) is 1. The van der Waals surface area contributed by atoms with Gasteiger partial charge in [-0.05, 0) is 33.9 Å². The molecule has 0 radical (unpaired) electrons. The molecule has 2 atom stereocenters. The van der Waals surface area contributed by atoms with E-state index in [9.17, 15) is 0 Å². The number of rotatable bonds is 6. The third kappa shape index (κ3) is 4.10. The summed E-state index contributed by atoms with van der Waals surface area (Å²) in [5.41, 5.74) is 2.41. The van der Waals surface area contributed by atoms with Gasteiger partial charge in [-0.25, -0.2) is 0 Å². The highest BCUT2D eigenvalue weighted by molar-refractivity contribution is 5.19. The van der Waals surface area contributed by atoms with Crippen LogP contribution in [0.3, 0.4) is 0 Å². The quantitative estimate of drug-likeness (QED) is 0.840. The van der Waals surface area contributed by atoms with Gasteiger partial charge in [-0.2, -0.15) is 5.10 Å². The molecule has 0 saturated carbocycles. The molecule has 0 fully saturated rings. The second kappa shape index (κ2) is 6.34. The molecule has 1 heterocycles. The van der Waals surface area contributed by atoms with Crippen molar-refractivity contribution in [2.45, 2.75) is 39.8 Å². The highest BCUT2D eigenvalue weighted by Gasteiger charge is 2.19. The van der Waals surface area contributed by atoms with Crippen LogP contribution in [0.5, 0.6) is 0 Å². The van der Waals surface area contributed by atoms with Gasteiger partial charge >= 0.3 is 0 Å². The van der Waals surface area contributed by atoms with E-state index in [1.807, 2.05) is 11.7 Å². The average Bonchev–Trinajstić information content (AvgIpc) is 2.56. The number of likely N-dealkylation sites (N-methyl/N-ethyl adjacent to an activating group) is 1. The van der Waals surface area contributed by atoms with Crippen molar-refractivity contribution in [1.82, 2.24) is 20.0 Å². The molecule has 2 unspecified atom stereocenters. The van der Waals surface area contributed by atoms with Crippen LogP contribution in [-0.2, 0) is 7.05 Å². The molecule has 1 aromatic heterocycles. The zero-order chi connectivity index (χ0) is 13.9. The van der Waals surface area contributed by atoms with E-state index in [1.165, 1.54) is 5.56 Å². The lowest BCUT2D eigenvalue weighted by molar-refractivity contribution is 0.273. The number of nitrogens with zero attached hydrogens (tertiary/aromatic N) is 3. The fraction of sp³-hybridized carbons (Fsp3) is 0.786. The SMILES string of the molecule is Cc1nn(C)cc1C(C)NC(CN(C)C)C(C)C. The van der Waals surface area contributed by atoms with Crippen LogP contribution in [0, 0.1) is 12.8 Å². The van der Waals surface area contributed by atoms with E-state index < -0.39 is 0 Å². The van der Waals surface area contributed by atoms with Crippen molar-refractivity contribution in [3.63, 3.8) is 0 Å². The van der Waals surface area contributed by atoms with E-state index in [2.05, 4.69) is 63.3 Å². The molecular formula is C14H28N4. The van der Waals surface area contributed by atoms with Gasteiger partial charge in [0.15, 0.2) is 0 Å². The summed E-state index contributed by atoms with van der Waals surface area (Å²) in [6, 6.07) is 0.834. The Morgan fingerprint density at radius 3 is 2.33 bits per heavy atom. The van der Waals surface area contributed by atoms with E-state index in [0.29, 0.717) is 18.0 Å². The first kappa shape index (κ1) is 15.2. The van der Waals surface area contributed by atoms with Gasteiger partial charge < -0.3 is 10.2 Å². The van der Waals surface area contributed by atoms with Crippen LogP contribution >= 0.6 is 0 Å². The Bertz CT molecular complexity index is 368. The van der Waals surface area contributed by atoms with Gasteiger partial charge in [0, 0.05) is 37.4 Å². The van der Waals surface area contributed by atoms with Crippen molar-refractivity contribution in [3.8, 4) is 0 Å². The lowest BCUT2D eigenvalue weighted by Crippen LogP contribution is -2.43. The first-order chi connectivity index (χ1) is 8.31. The molecule has 1 N–H and O–H groups in total. The highest BCUT2D eigenvalue weighted by atomic mass is 15.3. The lowest BCUT2D eigenvalue weighted by Gasteiger charge is -2.29. The van der Waals surface area contributed by atoms with E-state index >= 15 is 0 Å². The molecular weight excluding hydrogens is 224 g/mol. The molecule has 1 aromatic rings. The van der Waals surface area contributed by atoms with Crippen molar-refractivity contribution in [3.05, 3.63) is 17.5 Å². The van der Waals surface area contributed by atoms with Gasteiger partial charge in [0.25, 0.3) is 0 Å². The summed E-state index contributed by atoms with van der Waals surface area (Å²) in [6.07, 6.45) is 2.11. The third-order valence-corrected chi connectivity index (χ3v) is 3.35. The standard InChI is InChI=1S/C14H28N4/c1-10(2)14(9-17(5)6)15-11(3)13-8-18(7)16-12(13)4/h8,10-11,14-15H,9H2,1-7H3. The smallest absolute Gasteiger partial charge is 0.0641 e. The second-order valence-corrected chi connectivity index (χ2v) is 5.84. The first-order valence-corrected chi connectivity index (χ1v) is 6.72. The Hall–Kier alpha value is -0.870. The summed E-state index contributed by atoms with van der Waals surface area (Å²) in [7, 11) is 6.22. The van der Waals surface area contributed by atoms with Crippen LogP contribution in [0.25, 0.3) is 0 Å². The van der Waals surface area contributed by atoms with Gasteiger partial charge in [0.1, 0.15) is 0 Å². The van der Waals surface area contributed by atoms with Crippen LogP contribution in [0.1, 0.15) is 38.1 Å². The van der Waals surface area contributed by atoms with Crippen LogP contribution in [-0.4, -0.2) is 41.4 Å². The Morgan fingerprint density at radius 1 is 1.33 bits per heavy atom. The van der Waals surface area contributed by atoms with E-state index in [-0.39, 0.29) is 0 Å². The Balaban J connectivity index is 2.72. The van der Waals surface area contributed by atoms with Crippen LogP contribution in [0.4, 0.5) is 0 Å². The van der Waals surface area contributed by atoms with Gasteiger partial charge in [0.2, 0.25) is 0 Å². The zero-order valence-electron chi connectivity index (χ0n) is 12.9. The minimum absolute atomic E-state index is 0.339. The fourth-order valence-electron chi connectivity index (χ4n) is 2.30. The Labute approximate surface area is 111 Å². The predicted molar refractivity (Wildman–Crippen MR) is 76.7 cm³/mol. The number of hydrogen-bond acceptors (Lipinski definition) is 3. The first-order valence-electron chi connectivity index (χ1n) is 6.72. The van der Waals surface area contributed by atoms with Crippen molar-refractivity contribution in [2.24, 2.45) is 13.0 Å². The number of aryl methyl sites for hydroxylation is 2. The van der Waals surface area contributed by atoms with E-state index in [1.54, 1.807) is 0 Å². The van der Waals surface area contributed by atoms with E-state index in [4.69, 9.17) is 0 Å². The molecule has 0 amide bonds. The largest absolute Gasteiger partial charge is 0.308 e. The fourth-order valence-corrected chi connectivity index (χ4v) is 2.30. The minimum atomic E-state index is 0.339. The summed E-state index contributed by atoms with van der Waals surface area (Å²) < 4.78 is 1.89. The van der Waals surface area contributed by atoms with Gasteiger partial charge in [-0.15, -0.1) is 0 Å². The van der Waals surface area contributed by atoms with E-state index in [0.717, 1.165) is 12.2 Å². The van der Waals surface area contributed by atoms with Crippen LogP contribution in [0.15, 0.2) is 6.20 Å². The summed E-state index contributed by atoms with van der Waals surface area (Å²) in [5, 5.41) is 8.13. The highest BCUT2D eigenvalue weighted by Crippen LogP contribution is 2.18. The average molecular weight is 252 g/mol. The van der Waals surface area contributed by atoms with Crippen LogP contribution in [0.2, 0.25) is 0 Å². The van der Waals surface area contributed by atoms with Gasteiger partial charge in [-0.1, -0.05) is 13.8 Å². The summed E-state index contributed by atoms with van der Waals surface area (Å²) in [4.78, 5) is 2.24. The van der Waals surface area contributed by atoms with Gasteiger partial charge in [-0.3, -0.25) is 4.68 Å². The van der Waals surface area contributed by atoms with Crippen molar-refractivity contribution < 1.29 is 0 Å². The topological polar surface area (TPSA) is 33.1 Å². The maximum absolute atomic E-state index is 4.41. The maximum atomic E-state index is 4.41. The summed E-state index contributed by atoms with van der Waals surface area (Å²) >= 11 is 0. The van der Waals surface area contributed by atoms with Crippen molar-refractivity contribution in [1.29, 1.82) is 0 Å². The number of aromatic nitrogens is 2. The monoisotopic (exact) mass is 252 g/mol. The van der Waals surface area contributed by atoms with Gasteiger partial charge in [0.05, 0.1) is 5.69 Å². The molecule has 4 heteroatoms. The zero-order valence-corrected chi connectivity index (χ0v) is 12.9. The summed E-state index contributed by atoms with van der Waals surface area (Å²) in [5.74, 6) is 0.617. The molecule has 4 nitrogen and oxygen atoms in total. The molecule has 1 rings (SSSR count). The summed E-state index contributed by atoms with van der Waals surface area (Å²) in [6.45, 7) is 9.88. The second-order valence-electron chi connectivity index (χ2n) is 5.84. The normalized spacial score (nSPS) is 15.4. The molecule has 0 aromatic carbocycles. The lowest BCUT2D eigenvalue weighted by atomic mass is 10.0. The predicted octanol–water partition coefficient (Wildman–Crippen LogP) is 1.97. The molecule has 0 aliphatic carbocycles. The molecule has 104 valence electrons. The molecule has 0 bridgehead atoms. The van der Waals surface area contributed by atoms with Crippen LogP contribution < -0.4 is 5.32 Å². The molecule has 18 heavy (non-hydrogen) atoms. The molecule has 0 aliphatic rings. The third-order valence-electron chi connectivity index (χ3n) is 3.35. The van der Waals surface area contributed by atoms with Crippen molar-refractivity contribution >= 4 is 0 Å². The number of nitrogens with one attached hydrogen (secondary N) is 1. The Morgan fingerprint density at radius 2 is 1.94 bits per heavy atom. The molecule has 0 saturated heterocycles. The van der Waals surface area contributed by atoms with Crippen molar-refractivity contribution in [2.75, 3.05) is 20.6 Å². The molecule has 0 aliphatic heterocycles. The maximum Gasteiger partial charge on any atom is 0.0641 e.